The van der Waals surface area contributed by atoms with Crippen LogP contribution in [0.25, 0.3) is 0 Å². The molecule has 0 aliphatic carbocycles. The molecule has 0 radical (unpaired) electrons. The maximum Gasteiger partial charge on any atom is 0.237 e. The summed E-state index contributed by atoms with van der Waals surface area (Å²) in [5.41, 5.74) is 0. The van der Waals surface area contributed by atoms with Crippen LogP contribution in [0.2, 0.25) is 5.02 Å². The van der Waals surface area contributed by atoms with E-state index in [2.05, 4.69) is 16.2 Å². The summed E-state index contributed by atoms with van der Waals surface area (Å²) < 4.78 is 0. The molecule has 0 saturated heterocycles. The van der Waals surface area contributed by atoms with Gasteiger partial charge < -0.3 is 5.32 Å². The largest absolute Gasteiger partial charge is 0.309 e. The van der Waals surface area contributed by atoms with Crippen molar-refractivity contribution in [1.29, 1.82) is 0 Å². The third-order valence-electron chi connectivity index (χ3n) is 1.28. The van der Waals surface area contributed by atoms with E-state index in [0.29, 0.717) is 10.8 Å². The van der Waals surface area contributed by atoms with Gasteiger partial charge in [0.2, 0.25) is 5.91 Å². The van der Waals surface area contributed by atoms with Crippen molar-refractivity contribution in [1.82, 2.24) is 4.98 Å². The summed E-state index contributed by atoms with van der Waals surface area (Å²) in [5, 5.41) is 2.88. The number of nitrogens with one attached hydrogen (secondary N) is 1. The van der Waals surface area contributed by atoms with Crippen LogP contribution in [-0.4, -0.2) is 10.9 Å². The summed E-state index contributed by atoms with van der Waals surface area (Å²) in [5.74, 6) is 2.27. The first-order valence-corrected chi connectivity index (χ1v) is 3.95. The van der Waals surface area contributed by atoms with Crippen molar-refractivity contribution in [2.45, 2.75) is 6.42 Å². The number of hydrogen-bond acceptors (Lipinski definition) is 2. The lowest BCUT2D eigenvalue weighted by atomic mass is 10.4. The van der Waals surface area contributed by atoms with Gasteiger partial charge in [-0.1, -0.05) is 17.5 Å². The normalized spacial score (nSPS) is 8.92. The van der Waals surface area contributed by atoms with Gasteiger partial charge in [0.15, 0.2) is 5.82 Å². The van der Waals surface area contributed by atoms with Crippen molar-refractivity contribution in [3.8, 4) is 12.3 Å². The molecule has 0 unspecified atom stereocenters. The van der Waals surface area contributed by atoms with E-state index in [1.54, 1.807) is 12.1 Å². The predicted molar refractivity (Wildman–Crippen MR) is 51.3 cm³/mol. The third kappa shape index (κ3) is 2.77. The highest BCUT2D eigenvalue weighted by Crippen LogP contribution is 2.17. The van der Waals surface area contributed by atoms with Crippen LogP contribution in [0.15, 0.2) is 18.3 Å². The van der Waals surface area contributed by atoms with Gasteiger partial charge in [0, 0.05) is 6.20 Å². The molecule has 0 fully saturated rings. The number of carbonyl (C=O) groups is 1. The zero-order valence-corrected chi connectivity index (χ0v) is 7.51. The molecule has 1 aromatic heterocycles. The number of anilines is 1. The Morgan fingerprint density at radius 3 is 3.15 bits per heavy atom. The predicted octanol–water partition coefficient (Wildman–Crippen LogP) is 1.70. The first-order valence-electron chi connectivity index (χ1n) is 3.58. The Bertz CT molecular complexity index is 357. The van der Waals surface area contributed by atoms with Crippen LogP contribution in [0.5, 0.6) is 0 Å². The van der Waals surface area contributed by atoms with Crippen LogP contribution in [-0.2, 0) is 4.79 Å². The molecule has 13 heavy (non-hydrogen) atoms. The average Bonchev–Trinajstić information content (AvgIpc) is 2.09. The zero-order valence-electron chi connectivity index (χ0n) is 6.75. The summed E-state index contributed by atoms with van der Waals surface area (Å²) in [4.78, 5) is 14.9. The second kappa shape index (κ2) is 4.48. The van der Waals surface area contributed by atoms with Crippen LogP contribution >= 0.6 is 11.6 Å². The number of hydrogen-bond donors (Lipinski definition) is 1. The number of nitrogens with zero attached hydrogens (tertiary/aromatic N) is 1. The average molecular weight is 195 g/mol. The van der Waals surface area contributed by atoms with E-state index in [-0.39, 0.29) is 12.3 Å². The molecule has 4 heteroatoms. The number of amides is 1. The molecule has 1 rings (SSSR count). The SMILES string of the molecule is C#CCC(=O)Nc1ncccc1Cl. The van der Waals surface area contributed by atoms with Gasteiger partial charge in [-0.25, -0.2) is 4.98 Å². The minimum atomic E-state index is -0.289. The molecular weight excluding hydrogens is 188 g/mol. The second-order valence-electron chi connectivity index (χ2n) is 2.26. The Balaban J connectivity index is 2.70. The fourth-order valence-electron chi connectivity index (χ4n) is 0.747. The first-order chi connectivity index (χ1) is 6.24. The third-order valence-corrected chi connectivity index (χ3v) is 1.58. The second-order valence-corrected chi connectivity index (χ2v) is 2.67. The fourth-order valence-corrected chi connectivity index (χ4v) is 0.915. The molecule has 3 nitrogen and oxygen atoms in total. The molecule has 0 bridgehead atoms. The maximum atomic E-state index is 11.0. The first kappa shape index (κ1) is 9.56. The van der Waals surface area contributed by atoms with E-state index >= 15 is 0 Å². The van der Waals surface area contributed by atoms with Gasteiger partial charge in [-0.2, -0.15) is 0 Å². The molecule has 0 aromatic carbocycles. The Morgan fingerprint density at radius 2 is 2.54 bits per heavy atom. The number of carbonyl (C=O) groups excluding carboxylic acids is 1. The van der Waals surface area contributed by atoms with E-state index < -0.39 is 0 Å². The van der Waals surface area contributed by atoms with E-state index in [9.17, 15) is 4.79 Å². The Labute approximate surface area is 81.1 Å². The van der Waals surface area contributed by atoms with E-state index in [0.717, 1.165) is 0 Å². The minimum Gasteiger partial charge on any atom is -0.309 e. The van der Waals surface area contributed by atoms with Crippen LogP contribution in [0, 0.1) is 12.3 Å². The standard InChI is InChI=1S/C9H7ClN2O/c1-2-4-8(13)12-9-7(10)5-3-6-11-9/h1,3,5-6H,4H2,(H,11,12,13). The summed E-state index contributed by atoms with van der Waals surface area (Å²) in [7, 11) is 0. The van der Waals surface area contributed by atoms with Crippen LogP contribution in [0.4, 0.5) is 5.82 Å². The van der Waals surface area contributed by atoms with Crippen LogP contribution in [0.1, 0.15) is 6.42 Å². The molecule has 0 aliphatic rings. The molecule has 0 saturated carbocycles. The number of pyridine rings is 1. The van der Waals surface area contributed by atoms with Crippen molar-refractivity contribution in [3.05, 3.63) is 23.4 Å². The maximum absolute atomic E-state index is 11.0. The summed E-state index contributed by atoms with van der Waals surface area (Å²) in [6.45, 7) is 0. The smallest absolute Gasteiger partial charge is 0.237 e. The number of aromatic nitrogens is 1. The Kier molecular flexibility index (Phi) is 3.30. The Morgan fingerprint density at radius 1 is 1.77 bits per heavy atom. The van der Waals surface area contributed by atoms with Crippen molar-refractivity contribution < 1.29 is 4.79 Å². The zero-order chi connectivity index (χ0) is 9.68. The molecule has 0 aliphatic heterocycles. The van der Waals surface area contributed by atoms with Gasteiger partial charge in [0.25, 0.3) is 0 Å². The summed E-state index contributed by atoms with van der Waals surface area (Å²) >= 11 is 5.74. The number of halogens is 1. The highest BCUT2D eigenvalue weighted by molar-refractivity contribution is 6.33. The highest BCUT2D eigenvalue weighted by Gasteiger charge is 2.03. The van der Waals surface area contributed by atoms with E-state index in [1.807, 2.05) is 0 Å². The van der Waals surface area contributed by atoms with Gasteiger partial charge in [0.1, 0.15) is 0 Å². The molecule has 0 atom stereocenters. The van der Waals surface area contributed by atoms with Gasteiger partial charge >= 0.3 is 0 Å². The van der Waals surface area contributed by atoms with Gasteiger partial charge in [-0.05, 0) is 12.1 Å². The molecule has 66 valence electrons. The molecular formula is C9H7ClN2O. The highest BCUT2D eigenvalue weighted by atomic mass is 35.5. The summed E-state index contributed by atoms with van der Waals surface area (Å²) in [6.07, 6.45) is 6.52. The van der Waals surface area contributed by atoms with E-state index in [1.165, 1.54) is 6.20 Å². The van der Waals surface area contributed by atoms with Gasteiger partial charge in [-0.3, -0.25) is 4.79 Å². The Hall–Kier alpha value is -1.53. The number of rotatable bonds is 2. The van der Waals surface area contributed by atoms with Crippen molar-refractivity contribution >= 4 is 23.3 Å². The van der Waals surface area contributed by atoms with Gasteiger partial charge in [-0.15, -0.1) is 6.42 Å². The fraction of sp³-hybridized carbons (Fsp3) is 0.111. The van der Waals surface area contributed by atoms with Crippen LogP contribution < -0.4 is 5.32 Å². The lowest BCUT2D eigenvalue weighted by molar-refractivity contribution is -0.115. The summed E-state index contributed by atoms with van der Waals surface area (Å²) in [6, 6.07) is 3.32. The molecule has 1 amide bonds. The van der Waals surface area contributed by atoms with Crippen LogP contribution in [0.3, 0.4) is 0 Å². The van der Waals surface area contributed by atoms with Crippen molar-refractivity contribution in [3.63, 3.8) is 0 Å². The van der Waals surface area contributed by atoms with E-state index in [4.69, 9.17) is 18.0 Å². The molecule has 1 aromatic rings. The number of terminal acetylenes is 1. The molecule has 1 N–H and O–H groups in total. The lowest BCUT2D eigenvalue weighted by Crippen LogP contribution is -2.11. The quantitative estimate of drug-likeness (QED) is 0.729. The van der Waals surface area contributed by atoms with Gasteiger partial charge in [0.05, 0.1) is 11.4 Å². The van der Waals surface area contributed by atoms with Crippen molar-refractivity contribution in [2.24, 2.45) is 0 Å². The minimum absolute atomic E-state index is 0.0207. The molecule has 1 heterocycles. The monoisotopic (exact) mass is 194 g/mol. The molecule has 0 spiro atoms. The lowest BCUT2D eigenvalue weighted by Gasteiger charge is -2.02. The van der Waals surface area contributed by atoms with Crippen molar-refractivity contribution in [2.75, 3.05) is 5.32 Å². The topological polar surface area (TPSA) is 42.0 Å².